The standard InChI is InChI=1S/C4H4N2O2.C3H8O/c7-3-1-2-5-4(8)6-3;1-2-3-4/h1-2H,(H2,5,6,7,8);4H,2-3H2,1H3. The predicted octanol–water partition coefficient (Wildman–Crippen LogP) is -0.548. The molecule has 5 heteroatoms. The first-order valence-electron chi connectivity index (χ1n) is 3.59. The minimum atomic E-state index is -0.475. The second-order valence-electron chi connectivity index (χ2n) is 2.02. The number of rotatable bonds is 1. The molecule has 1 rings (SSSR count). The number of aliphatic hydroxyl groups excluding tert-OH is 1. The molecule has 0 amide bonds. The lowest BCUT2D eigenvalue weighted by atomic mass is 10.5. The first kappa shape index (κ1) is 10.6. The molecule has 0 unspecified atom stereocenters. The van der Waals surface area contributed by atoms with Gasteiger partial charge in [-0.3, -0.25) is 9.78 Å². The van der Waals surface area contributed by atoms with Crippen LogP contribution in [0.3, 0.4) is 0 Å². The van der Waals surface area contributed by atoms with Gasteiger partial charge in [0, 0.05) is 18.9 Å². The molecule has 1 aromatic rings. The normalized spacial score (nSPS) is 8.50. The molecule has 1 heterocycles. The fourth-order valence-electron chi connectivity index (χ4n) is 0.383. The summed E-state index contributed by atoms with van der Waals surface area (Å²) >= 11 is 0. The van der Waals surface area contributed by atoms with Crippen LogP contribution in [0.2, 0.25) is 0 Å². The van der Waals surface area contributed by atoms with E-state index in [1.165, 1.54) is 12.3 Å². The number of hydrogen-bond acceptors (Lipinski definition) is 3. The molecule has 12 heavy (non-hydrogen) atoms. The van der Waals surface area contributed by atoms with Crippen LogP contribution in [0.25, 0.3) is 0 Å². The van der Waals surface area contributed by atoms with Crippen molar-refractivity contribution in [2.24, 2.45) is 0 Å². The minimum absolute atomic E-state index is 0.319. The molecule has 0 aromatic carbocycles. The molecular weight excluding hydrogens is 160 g/mol. The van der Waals surface area contributed by atoms with Crippen molar-refractivity contribution >= 4 is 0 Å². The average molecular weight is 172 g/mol. The molecule has 0 fully saturated rings. The van der Waals surface area contributed by atoms with Crippen molar-refractivity contribution in [1.82, 2.24) is 9.97 Å². The van der Waals surface area contributed by atoms with E-state index in [0.717, 1.165) is 6.42 Å². The van der Waals surface area contributed by atoms with Gasteiger partial charge in [-0.1, -0.05) is 6.92 Å². The van der Waals surface area contributed by atoms with Gasteiger partial charge in [0.15, 0.2) is 0 Å². The van der Waals surface area contributed by atoms with Crippen LogP contribution in [0.1, 0.15) is 13.3 Å². The topological polar surface area (TPSA) is 85.9 Å². The monoisotopic (exact) mass is 172 g/mol. The zero-order valence-electron chi connectivity index (χ0n) is 6.83. The maximum Gasteiger partial charge on any atom is 0.325 e. The van der Waals surface area contributed by atoms with Crippen molar-refractivity contribution in [3.05, 3.63) is 33.1 Å². The lowest BCUT2D eigenvalue weighted by Gasteiger charge is -1.75. The van der Waals surface area contributed by atoms with Gasteiger partial charge in [-0.2, -0.15) is 0 Å². The van der Waals surface area contributed by atoms with Gasteiger partial charge in [0.05, 0.1) is 0 Å². The lowest BCUT2D eigenvalue weighted by molar-refractivity contribution is 0.295. The Morgan fingerprint density at radius 2 is 2.08 bits per heavy atom. The Morgan fingerprint density at radius 1 is 1.50 bits per heavy atom. The van der Waals surface area contributed by atoms with E-state index in [-0.39, 0.29) is 5.56 Å². The summed E-state index contributed by atoms with van der Waals surface area (Å²) in [5.74, 6) is 0. The van der Waals surface area contributed by atoms with Gasteiger partial charge in [0.1, 0.15) is 0 Å². The third-order valence-corrected chi connectivity index (χ3v) is 0.909. The van der Waals surface area contributed by atoms with E-state index in [2.05, 4.69) is 4.98 Å². The third kappa shape index (κ3) is 5.43. The summed E-state index contributed by atoms with van der Waals surface area (Å²) in [5, 5.41) is 7.88. The van der Waals surface area contributed by atoms with Crippen molar-refractivity contribution in [1.29, 1.82) is 0 Å². The van der Waals surface area contributed by atoms with Crippen LogP contribution in [0, 0.1) is 0 Å². The van der Waals surface area contributed by atoms with Crippen LogP contribution >= 0.6 is 0 Å². The number of aromatic nitrogens is 2. The van der Waals surface area contributed by atoms with Gasteiger partial charge in [-0.05, 0) is 6.42 Å². The Labute approximate surface area is 69.1 Å². The molecule has 3 N–H and O–H groups in total. The second-order valence-corrected chi connectivity index (χ2v) is 2.02. The van der Waals surface area contributed by atoms with Gasteiger partial charge in [-0.15, -0.1) is 0 Å². The van der Waals surface area contributed by atoms with Gasteiger partial charge >= 0.3 is 5.69 Å². The van der Waals surface area contributed by atoms with E-state index in [4.69, 9.17) is 5.11 Å². The van der Waals surface area contributed by atoms with Crippen molar-refractivity contribution in [3.8, 4) is 0 Å². The van der Waals surface area contributed by atoms with Crippen LogP contribution in [0.15, 0.2) is 21.9 Å². The Hall–Kier alpha value is -1.36. The second kappa shape index (κ2) is 6.36. The Balaban J connectivity index is 0.000000261. The van der Waals surface area contributed by atoms with Gasteiger partial charge in [0.2, 0.25) is 0 Å². The highest BCUT2D eigenvalue weighted by atomic mass is 16.2. The fraction of sp³-hybridized carbons (Fsp3) is 0.429. The lowest BCUT2D eigenvalue weighted by Crippen LogP contribution is -2.19. The number of nitrogens with one attached hydrogen (secondary N) is 2. The molecule has 1 aromatic heterocycles. The summed E-state index contributed by atoms with van der Waals surface area (Å²) in [6.07, 6.45) is 2.17. The number of H-pyrrole nitrogens is 2. The fourth-order valence-corrected chi connectivity index (χ4v) is 0.383. The molecule has 68 valence electrons. The largest absolute Gasteiger partial charge is 0.396 e. The first-order chi connectivity index (χ1) is 5.70. The minimum Gasteiger partial charge on any atom is -0.396 e. The molecule has 0 saturated carbocycles. The Morgan fingerprint density at radius 3 is 2.33 bits per heavy atom. The van der Waals surface area contributed by atoms with Crippen LogP contribution in [0.5, 0.6) is 0 Å². The smallest absolute Gasteiger partial charge is 0.325 e. The molecule has 0 saturated heterocycles. The maximum absolute atomic E-state index is 10.2. The van der Waals surface area contributed by atoms with Crippen molar-refractivity contribution in [3.63, 3.8) is 0 Å². The van der Waals surface area contributed by atoms with E-state index in [1.807, 2.05) is 11.9 Å². The van der Waals surface area contributed by atoms with Gasteiger partial charge in [-0.25, -0.2) is 4.79 Å². The summed E-state index contributed by atoms with van der Waals surface area (Å²) < 4.78 is 0. The third-order valence-electron chi connectivity index (χ3n) is 0.909. The molecule has 0 aliphatic rings. The Bertz CT molecular complexity index is 275. The van der Waals surface area contributed by atoms with Crippen molar-refractivity contribution in [2.75, 3.05) is 6.61 Å². The summed E-state index contributed by atoms with van der Waals surface area (Å²) in [4.78, 5) is 24.7. The van der Waals surface area contributed by atoms with Crippen LogP contribution < -0.4 is 11.2 Å². The molecular formula is C7H12N2O3. The van der Waals surface area contributed by atoms with E-state index in [1.54, 1.807) is 0 Å². The molecule has 0 aliphatic heterocycles. The molecule has 0 radical (unpaired) electrons. The zero-order chi connectivity index (χ0) is 9.40. The van der Waals surface area contributed by atoms with E-state index in [9.17, 15) is 9.59 Å². The highest BCUT2D eigenvalue weighted by Crippen LogP contribution is 1.61. The summed E-state index contributed by atoms with van der Waals surface area (Å²) in [6.45, 7) is 2.25. The quantitative estimate of drug-likeness (QED) is 0.531. The van der Waals surface area contributed by atoms with Gasteiger partial charge in [0.25, 0.3) is 5.56 Å². The number of aromatic amines is 2. The van der Waals surface area contributed by atoms with E-state index in [0.29, 0.717) is 6.61 Å². The molecule has 0 aliphatic carbocycles. The molecule has 0 bridgehead atoms. The Kier molecular flexibility index (Phi) is 5.64. The summed E-state index contributed by atoms with van der Waals surface area (Å²) in [6, 6.07) is 1.24. The number of aliphatic hydroxyl groups is 1. The van der Waals surface area contributed by atoms with Gasteiger partial charge < -0.3 is 10.1 Å². The van der Waals surface area contributed by atoms with E-state index < -0.39 is 5.69 Å². The highest BCUT2D eigenvalue weighted by Gasteiger charge is 1.77. The zero-order valence-corrected chi connectivity index (χ0v) is 6.83. The first-order valence-corrected chi connectivity index (χ1v) is 3.59. The van der Waals surface area contributed by atoms with Crippen molar-refractivity contribution < 1.29 is 5.11 Å². The SMILES string of the molecule is CCCO.O=c1cc[nH]c(=O)[nH]1. The molecule has 5 nitrogen and oxygen atoms in total. The molecule has 0 spiro atoms. The van der Waals surface area contributed by atoms with Crippen molar-refractivity contribution in [2.45, 2.75) is 13.3 Å². The van der Waals surface area contributed by atoms with Crippen LogP contribution in [-0.4, -0.2) is 21.7 Å². The average Bonchev–Trinajstić information content (AvgIpc) is 2.04. The predicted molar refractivity (Wildman–Crippen MR) is 45.1 cm³/mol. The maximum atomic E-state index is 10.2. The molecule has 0 atom stereocenters. The van der Waals surface area contributed by atoms with Crippen LogP contribution in [-0.2, 0) is 0 Å². The van der Waals surface area contributed by atoms with E-state index >= 15 is 0 Å². The highest BCUT2D eigenvalue weighted by molar-refractivity contribution is 4.77. The summed E-state index contributed by atoms with van der Waals surface area (Å²) in [5.41, 5.74) is -0.855. The van der Waals surface area contributed by atoms with Crippen LogP contribution in [0.4, 0.5) is 0 Å². The summed E-state index contributed by atoms with van der Waals surface area (Å²) in [7, 11) is 0. The number of hydrogen-bond donors (Lipinski definition) is 3.